The predicted octanol–water partition coefficient (Wildman–Crippen LogP) is 3.90. The van der Waals surface area contributed by atoms with Gasteiger partial charge in [-0.25, -0.2) is 4.98 Å². The van der Waals surface area contributed by atoms with E-state index in [1.165, 1.54) is 5.69 Å². The van der Waals surface area contributed by atoms with E-state index >= 15 is 0 Å². The van der Waals surface area contributed by atoms with Gasteiger partial charge < -0.3 is 9.30 Å². The lowest BCUT2D eigenvalue weighted by Gasteiger charge is -2.32. The van der Waals surface area contributed by atoms with E-state index < -0.39 is 0 Å². The number of hydrogen-bond donors (Lipinski definition) is 0. The molecule has 4 aromatic rings. The van der Waals surface area contributed by atoms with Crippen molar-refractivity contribution in [2.45, 2.75) is 18.8 Å². The predicted molar refractivity (Wildman–Crippen MR) is 105 cm³/mol. The molecule has 0 spiro atoms. The van der Waals surface area contributed by atoms with Gasteiger partial charge in [-0.15, -0.1) is 0 Å². The van der Waals surface area contributed by atoms with Gasteiger partial charge >= 0.3 is 0 Å². The fourth-order valence-electron chi connectivity index (χ4n) is 4.05. The minimum absolute atomic E-state index is 0.0764. The number of pyridine rings is 2. The van der Waals surface area contributed by atoms with Crippen molar-refractivity contribution in [3.05, 3.63) is 78.4 Å². The number of rotatable bonds is 2. The van der Waals surface area contributed by atoms with Gasteiger partial charge in [-0.2, -0.15) is 0 Å². The van der Waals surface area contributed by atoms with Gasteiger partial charge in [0.15, 0.2) is 0 Å². The van der Waals surface area contributed by atoms with Crippen LogP contribution in [0.4, 0.5) is 0 Å². The summed E-state index contributed by atoms with van der Waals surface area (Å²) in [6.07, 6.45) is 7.48. The molecule has 5 nitrogen and oxygen atoms in total. The largest absolute Gasteiger partial charge is 0.339 e. The first-order valence-corrected chi connectivity index (χ1v) is 9.36. The Morgan fingerprint density at radius 2 is 1.85 bits per heavy atom. The highest BCUT2D eigenvalue weighted by Crippen LogP contribution is 2.29. The number of aromatic nitrogens is 3. The molecule has 27 heavy (non-hydrogen) atoms. The number of likely N-dealkylation sites (tertiary alicyclic amines) is 1. The zero-order valence-corrected chi connectivity index (χ0v) is 15.0. The molecule has 0 saturated carbocycles. The Bertz CT molecular complexity index is 1130. The minimum atomic E-state index is 0.0764. The third-order valence-corrected chi connectivity index (χ3v) is 5.50. The van der Waals surface area contributed by atoms with Crippen molar-refractivity contribution < 1.29 is 4.79 Å². The molecule has 1 aliphatic heterocycles. The molecule has 0 bridgehead atoms. The Kier molecular flexibility index (Phi) is 3.85. The third kappa shape index (κ3) is 2.85. The fourth-order valence-corrected chi connectivity index (χ4v) is 4.05. The first-order valence-electron chi connectivity index (χ1n) is 9.36. The normalized spacial score (nSPS) is 15.5. The molecule has 134 valence electrons. The van der Waals surface area contributed by atoms with E-state index in [-0.39, 0.29) is 5.91 Å². The molecule has 3 aromatic heterocycles. The second-order valence-corrected chi connectivity index (χ2v) is 7.09. The number of para-hydroxylation sites is 1. The Morgan fingerprint density at radius 1 is 1.00 bits per heavy atom. The molecule has 0 unspecified atom stereocenters. The van der Waals surface area contributed by atoms with Crippen LogP contribution in [-0.4, -0.2) is 38.3 Å². The van der Waals surface area contributed by atoms with Crippen molar-refractivity contribution in [2.24, 2.45) is 0 Å². The van der Waals surface area contributed by atoms with Crippen LogP contribution >= 0.6 is 0 Å². The average molecular weight is 356 g/mol. The van der Waals surface area contributed by atoms with Gasteiger partial charge in [0.2, 0.25) is 0 Å². The van der Waals surface area contributed by atoms with E-state index in [2.05, 4.69) is 26.5 Å². The molecule has 1 fully saturated rings. The lowest BCUT2D eigenvalue weighted by Crippen LogP contribution is -2.38. The Morgan fingerprint density at radius 3 is 2.74 bits per heavy atom. The number of piperidine rings is 1. The molecule has 1 amide bonds. The van der Waals surface area contributed by atoms with Crippen molar-refractivity contribution in [1.82, 2.24) is 19.3 Å². The van der Waals surface area contributed by atoms with Crippen LogP contribution in [0.25, 0.3) is 16.6 Å². The van der Waals surface area contributed by atoms with Gasteiger partial charge in [0, 0.05) is 48.7 Å². The van der Waals surface area contributed by atoms with Crippen molar-refractivity contribution in [1.29, 1.82) is 0 Å². The van der Waals surface area contributed by atoms with E-state index in [0.29, 0.717) is 11.5 Å². The van der Waals surface area contributed by atoms with Crippen LogP contribution in [0.3, 0.4) is 0 Å². The number of imidazole rings is 1. The maximum atomic E-state index is 12.9. The summed E-state index contributed by atoms with van der Waals surface area (Å²) >= 11 is 0. The number of amides is 1. The van der Waals surface area contributed by atoms with Crippen LogP contribution in [0.2, 0.25) is 0 Å². The monoisotopic (exact) mass is 356 g/mol. The molecule has 0 N–H and O–H groups in total. The van der Waals surface area contributed by atoms with Gasteiger partial charge in [-0.1, -0.05) is 24.3 Å². The average Bonchev–Trinajstić information content (AvgIpc) is 3.22. The number of nitrogens with zero attached hydrogens (tertiary/aromatic N) is 4. The zero-order valence-electron chi connectivity index (χ0n) is 15.0. The number of benzene rings is 1. The number of fused-ring (bicyclic) bond motifs is 2. The summed E-state index contributed by atoms with van der Waals surface area (Å²) in [5, 5.41) is 1.00. The summed E-state index contributed by atoms with van der Waals surface area (Å²) in [5.74, 6) is 0.522. The highest BCUT2D eigenvalue weighted by molar-refractivity contribution is 5.97. The molecule has 1 aromatic carbocycles. The molecule has 1 aliphatic rings. The highest BCUT2D eigenvalue weighted by Gasteiger charge is 2.26. The third-order valence-electron chi connectivity index (χ3n) is 5.50. The van der Waals surface area contributed by atoms with Crippen LogP contribution in [-0.2, 0) is 0 Å². The molecule has 4 heterocycles. The van der Waals surface area contributed by atoms with Crippen LogP contribution in [0.1, 0.15) is 34.8 Å². The van der Waals surface area contributed by atoms with Crippen molar-refractivity contribution in [2.75, 3.05) is 13.1 Å². The zero-order chi connectivity index (χ0) is 18.2. The van der Waals surface area contributed by atoms with Crippen molar-refractivity contribution in [3.63, 3.8) is 0 Å². The topological polar surface area (TPSA) is 50.5 Å². The summed E-state index contributed by atoms with van der Waals surface area (Å²) in [6, 6.07) is 16.1. The maximum Gasteiger partial charge on any atom is 0.255 e. The lowest BCUT2D eigenvalue weighted by atomic mass is 9.92. The smallest absolute Gasteiger partial charge is 0.255 e. The molecule has 5 rings (SSSR count). The van der Waals surface area contributed by atoms with Crippen LogP contribution < -0.4 is 0 Å². The standard InChI is InChI=1S/C22H20N4O/c27-22(18-14-17-4-1-2-5-19(17)24-15-18)25-11-8-16(9-12-25)20-6-3-7-21-23-10-13-26(20)21/h1-7,10,13-16H,8-9,11-12H2. The second-order valence-electron chi connectivity index (χ2n) is 7.09. The Labute approximate surface area is 157 Å². The fraction of sp³-hybridized carbons (Fsp3) is 0.227. The van der Waals surface area contributed by atoms with Crippen molar-refractivity contribution in [3.8, 4) is 0 Å². The summed E-state index contributed by atoms with van der Waals surface area (Å²) in [7, 11) is 0. The van der Waals surface area contributed by atoms with E-state index in [1.54, 1.807) is 6.20 Å². The molecule has 0 radical (unpaired) electrons. The maximum absolute atomic E-state index is 12.9. The van der Waals surface area contributed by atoms with Gasteiger partial charge in [-0.05, 0) is 37.1 Å². The number of carbonyl (C=O) groups is 1. The van der Waals surface area contributed by atoms with Crippen LogP contribution in [0.5, 0.6) is 0 Å². The molecule has 1 saturated heterocycles. The Hall–Kier alpha value is -3.21. The first-order chi connectivity index (χ1) is 13.3. The summed E-state index contributed by atoms with van der Waals surface area (Å²) in [5.41, 5.74) is 3.85. The summed E-state index contributed by atoms with van der Waals surface area (Å²) in [6.45, 7) is 1.53. The van der Waals surface area contributed by atoms with Gasteiger partial charge in [0.05, 0.1) is 11.1 Å². The highest BCUT2D eigenvalue weighted by atomic mass is 16.2. The molecule has 5 heteroatoms. The van der Waals surface area contributed by atoms with Gasteiger partial charge in [0.25, 0.3) is 5.91 Å². The van der Waals surface area contributed by atoms with Gasteiger partial charge in [-0.3, -0.25) is 9.78 Å². The quantitative estimate of drug-likeness (QED) is 0.547. The summed E-state index contributed by atoms with van der Waals surface area (Å²) < 4.78 is 2.16. The summed E-state index contributed by atoms with van der Waals surface area (Å²) in [4.78, 5) is 23.7. The van der Waals surface area contributed by atoms with E-state index in [4.69, 9.17) is 0 Å². The molecular formula is C22H20N4O. The number of carbonyl (C=O) groups excluding carboxylic acids is 1. The SMILES string of the molecule is O=C(c1cnc2ccccc2c1)N1CCC(c2cccc3nccn23)CC1. The van der Waals surface area contributed by atoms with Crippen LogP contribution in [0, 0.1) is 0 Å². The minimum Gasteiger partial charge on any atom is -0.339 e. The van der Waals surface area contributed by atoms with Crippen molar-refractivity contribution >= 4 is 22.5 Å². The molecule has 0 aliphatic carbocycles. The molecular weight excluding hydrogens is 336 g/mol. The van der Waals surface area contributed by atoms with Gasteiger partial charge in [0.1, 0.15) is 5.65 Å². The molecule has 0 atom stereocenters. The first kappa shape index (κ1) is 16.0. The number of hydrogen-bond acceptors (Lipinski definition) is 3. The lowest BCUT2D eigenvalue weighted by molar-refractivity contribution is 0.0711. The van der Waals surface area contributed by atoms with E-state index in [1.807, 2.05) is 53.7 Å². The second kappa shape index (κ2) is 6.50. The Balaban J connectivity index is 1.33. The van der Waals surface area contributed by atoms with E-state index in [9.17, 15) is 4.79 Å². The van der Waals surface area contributed by atoms with Crippen LogP contribution in [0.15, 0.2) is 67.1 Å². The van der Waals surface area contributed by atoms with E-state index in [0.717, 1.165) is 42.5 Å².